The third kappa shape index (κ3) is 13.7. The second kappa shape index (κ2) is 20.7. The lowest BCUT2D eigenvalue weighted by Gasteiger charge is -2.29. The second-order valence-corrected chi connectivity index (χ2v) is 12.9. The molecule has 296 valence electrons. The van der Waals surface area contributed by atoms with Crippen LogP contribution in [-0.4, -0.2) is 55.2 Å². The molecule has 0 amide bonds. The van der Waals surface area contributed by atoms with Crippen LogP contribution < -0.4 is 9.47 Å². The predicted molar refractivity (Wildman–Crippen MR) is 187 cm³/mol. The molecule has 3 aromatic carbocycles. The molecule has 7 nitrogen and oxygen atoms in total. The molecule has 0 aliphatic rings. The Labute approximate surface area is 310 Å². The molecule has 54 heavy (non-hydrogen) atoms. The number of hydrogen-bond acceptors (Lipinski definition) is 7. The summed E-state index contributed by atoms with van der Waals surface area (Å²) in [5.41, 5.74) is -3.04. The SMILES string of the molecule is CCCCCC[C@H](C)OC(=O)c1ccc(OC(=O)c2ccc(-c3ccc(OCCCCCCOC(=O)CCC(F)(C(F)(F)F)C(F)(F)F)cc3)cc2)cc1. The number of benzene rings is 3. The summed E-state index contributed by atoms with van der Waals surface area (Å²) in [6.45, 7) is 4.17. The highest BCUT2D eigenvalue weighted by molar-refractivity contribution is 5.92. The molecule has 3 rings (SSSR count). The van der Waals surface area contributed by atoms with Crippen LogP contribution in [0.5, 0.6) is 11.5 Å². The fourth-order valence-corrected chi connectivity index (χ4v) is 5.26. The number of halogens is 7. The number of ether oxygens (including phenoxy) is 4. The van der Waals surface area contributed by atoms with Gasteiger partial charge in [-0.25, -0.2) is 14.0 Å². The second-order valence-electron chi connectivity index (χ2n) is 12.9. The van der Waals surface area contributed by atoms with Crippen molar-refractivity contribution in [2.45, 2.75) is 109 Å². The number of hydrogen-bond donors (Lipinski definition) is 0. The smallest absolute Gasteiger partial charge is 0.431 e. The van der Waals surface area contributed by atoms with Gasteiger partial charge < -0.3 is 18.9 Å². The van der Waals surface area contributed by atoms with Gasteiger partial charge in [0.15, 0.2) is 0 Å². The zero-order valence-electron chi connectivity index (χ0n) is 30.2. The van der Waals surface area contributed by atoms with Crippen LogP contribution in [-0.2, 0) is 14.3 Å². The van der Waals surface area contributed by atoms with Crippen LogP contribution in [0.1, 0.15) is 105 Å². The Morgan fingerprint density at radius 3 is 1.69 bits per heavy atom. The van der Waals surface area contributed by atoms with Gasteiger partial charge >= 0.3 is 30.3 Å². The van der Waals surface area contributed by atoms with E-state index in [0.29, 0.717) is 49.2 Å². The van der Waals surface area contributed by atoms with E-state index in [0.717, 1.165) is 43.2 Å². The van der Waals surface area contributed by atoms with Gasteiger partial charge in [0.2, 0.25) is 0 Å². The fourth-order valence-electron chi connectivity index (χ4n) is 5.26. The van der Waals surface area contributed by atoms with E-state index in [1.807, 2.05) is 19.1 Å². The summed E-state index contributed by atoms with van der Waals surface area (Å²) in [6, 6.07) is 20.3. The van der Waals surface area contributed by atoms with E-state index in [2.05, 4.69) is 11.7 Å². The van der Waals surface area contributed by atoms with Crippen molar-refractivity contribution in [3.63, 3.8) is 0 Å². The molecule has 14 heteroatoms. The molecule has 0 radical (unpaired) electrons. The maximum Gasteiger partial charge on any atom is 0.431 e. The molecule has 1 atom stereocenters. The van der Waals surface area contributed by atoms with E-state index < -0.39 is 48.8 Å². The first-order chi connectivity index (χ1) is 25.5. The van der Waals surface area contributed by atoms with Crippen molar-refractivity contribution < 1.29 is 64.1 Å². The zero-order valence-corrected chi connectivity index (χ0v) is 30.2. The molecule has 0 spiro atoms. The van der Waals surface area contributed by atoms with E-state index in [1.54, 1.807) is 60.7 Å². The highest BCUT2D eigenvalue weighted by Gasteiger charge is 2.72. The maximum atomic E-state index is 13.6. The number of carbonyl (C=O) groups is 3. The molecular formula is C40H45F7O7. The average Bonchev–Trinajstić information content (AvgIpc) is 3.13. The van der Waals surface area contributed by atoms with Crippen molar-refractivity contribution in [1.29, 1.82) is 0 Å². The monoisotopic (exact) mass is 770 g/mol. The Hall–Kier alpha value is -4.62. The Kier molecular flexibility index (Phi) is 16.8. The fraction of sp³-hybridized carbons (Fsp3) is 0.475. The number of alkyl halides is 7. The minimum Gasteiger partial charge on any atom is -0.494 e. The molecule has 0 bridgehead atoms. The van der Waals surface area contributed by atoms with Crippen molar-refractivity contribution in [2.24, 2.45) is 0 Å². The molecule has 0 aliphatic heterocycles. The largest absolute Gasteiger partial charge is 0.494 e. The summed E-state index contributed by atoms with van der Waals surface area (Å²) in [5.74, 6) is -1.41. The van der Waals surface area contributed by atoms with Crippen LogP contribution in [0.25, 0.3) is 11.1 Å². The van der Waals surface area contributed by atoms with Gasteiger partial charge in [-0.15, -0.1) is 0 Å². The van der Waals surface area contributed by atoms with Crippen molar-refractivity contribution in [3.05, 3.63) is 83.9 Å². The van der Waals surface area contributed by atoms with Crippen molar-refractivity contribution in [1.82, 2.24) is 0 Å². The number of unbranched alkanes of at least 4 members (excludes halogenated alkanes) is 6. The van der Waals surface area contributed by atoms with E-state index in [9.17, 15) is 45.1 Å². The lowest BCUT2D eigenvalue weighted by molar-refractivity contribution is -0.343. The molecule has 0 fully saturated rings. The maximum absolute atomic E-state index is 13.6. The number of rotatable bonds is 21. The summed E-state index contributed by atoms with van der Waals surface area (Å²) >= 11 is 0. The lowest BCUT2D eigenvalue weighted by atomic mass is 9.98. The topological polar surface area (TPSA) is 88.1 Å². The molecule has 0 aromatic heterocycles. The van der Waals surface area contributed by atoms with E-state index in [4.69, 9.17) is 14.2 Å². The van der Waals surface area contributed by atoms with Gasteiger partial charge in [-0.1, -0.05) is 50.5 Å². The van der Waals surface area contributed by atoms with Crippen molar-refractivity contribution in [3.8, 4) is 22.6 Å². The predicted octanol–water partition coefficient (Wildman–Crippen LogP) is 11.2. The highest BCUT2D eigenvalue weighted by atomic mass is 19.4. The summed E-state index contributed by atoms with van der Waals surface area (Å²) in [6.07, 6.45) is -8.68. The first-order valence-electron chi connectivity index (χ1n) is 17.9. The molecular weight excluding hydrogens is 725 g/mol. The van der Waals surface area contributed by atoms with Crippen LogP contribution in [0, 0.1) is 0 Å². The third-order valence-electron chi connectivity index (χ3n) is 8.52. The summed E-state index contributed by atoms with van der Waals surface area (Å²) in [5, 5.41) is 0. The van der Waals surface area contributed by atoms with Crippen LogP contribution >= 0.6 is 0 Å². The zero-order chi connectivity index (χ0) is 39.8. The first-order valence-corrected chi connectivity index (χ1v) is 17.9. The first kappa shape index (κ1) is 43.8. The van der Waals surface area contributed by atoms with E-state index in [1.165, 1.54) is 0 Å². The summed E-state index contributed by atoms with van der Waals surface area (Å²) in [4.78, 5) is 36.7. The van der Waals surface area contributed by atoms with Gasteiger partial charge in [0.05, 0.1) is 30.4 Å². The van der Waals surface area contributed by atoms with Gasteiger partial charge in [0, 0.05) is 12.8 Å². The van der Waals surface area contributed by atoms with Gasteiger partial charge in [0.25, 0.3) is 5.67 Å². The van der Waals surface area contributed by atoms with Crippen molar-refractivity contribution >= 4 is 17.9 Å². The summed E-state index contributed by atoms with van der Waals surface area (Å²) < 4.78 is 110. The standard InChI is InChI=1S/C40H45F7O7/c1-3-4-5-8-11-28(2)53-36(49)32-18-22-34(23-19-32)54-37(50)31-14-12-29(13-15-31)30-16-20-33(21-17-30)51-26-9-6-7-10-27-52-35(48)24-25-38(41,39(42,43)44)40(45,46)47/h12-23,28H,3-11,24-27H2,1-2H3/t28-/m0/s1. The van der Waals surface area contributed by atoms with E-state index >= 15 is 0 Å². The quantitative estimate of drug-likeness (QED) is 0.0461. The van der Waals surface area contributed by atoms with Gasteiger partial charge in [0.1, 0.15) is 11.5 Å². The van der Waals surface area contributed by atoms with Crippen LogP contribution in [0.3, 0.4) is 0 Å². The minimum atomic E-state index is -6.20. The summed E-state index contributed by atoms with van der Waals surface area (Å²) in [7, 11) is 0. The van der Waals surface area contributed by atoms with E-state index in [-0.39, 0.29) is 18.5 Å². The Bertz CT molecular complexity index is 1590. The molecule has 3 aromatic rings. The molecule has 0 aliphatic carbocycles. The normalized spacial score (nSPS) is 12.5. The van der Waals surface area contributed by atoms with Crippen LogP contribution in [0.2, 0.25) is 0 Å². The lowest BCUT2D eigenvalue weighted by Crippen LogP contribution is -2.53. The van der Waals surface area contributed by atoms with Gasteiger partial charge in [-0.2, -0.15) is 26.3 Å². The highest BCUT2D eigenvalue weighted by Crippen LogP contribution is 2.49. The molecule has 0 heterocycles. The Morgan fingerprint density at radius 2 is 1.11 bits per heavy atom. The number of esters is 3. The Balaban J connectivity index is 1.33. The Morgan fingerprint density at radius 1 is 0.611 bits per heavy atom. The molecule has 0 saturated heterocycles. The van der Waals surface area contributed by atoms with Crippen LogP contribution in [0.4, 0.5) is 30.7 Å². The molecule has 0 unspecified atom stereocenters. The van der Waals surface area contributed by atoms with Crippen LogP contribution in [0.15, 0.2) is 72.8 Å². The molecule has 0 saturated carbocycles. The van der Waals surface area contributed by atoms with Gasteiger partial charge in [-0.3, -0.25) is 4.79 Å². The van der Waals surface area contributed by atoms with Crippen molar-refractivity contribution in [2.75, 3.05) is 13.2 Å². The third-order valence-corrected chi connectivity index (χ3v) is 8.52. The number of carbonyl (C=O) groups excluding carboxylic acids is 3. The van der Waals surface area contributed by atoms with Gasteiger partial charge in [-0.05, 0) is 105 Å². The molecule has 0 N–H and O–H groups in total. The average molecular weight is 771 g/mol. The minimum absolute atomic E-state index is 0.184.